The Labute approximate surface area is 177 Å². The van der Waals surface area contributed by atoms with Gasteiger partial charge < -0.3 is 9.84 Å². The van der Waals surface area contributed by atoms with Crippen molar-refractivity contribution in [3.63, 3.8) is 0 Å². The molecule has 0 saturated carbocycles. The van der Waals surface area contributed by atoms with E-state index in [1.807, 2.05) is 0 Å². The van der Waals surface area contributed by atoms with Crippen LogP contribution in [0.25, 0.3) is 0 Å². The van der Waals surface area contributed by atoms with Gasteiger partial charge in [-0.2, -0.15) is 17.7 Å². The number of aliphatic hydroxyl groups excluding tert-OH is 1. The van der Waals surface area contributed by atoms with E-state index in [1.165, 1.54) is 22.5 Å². The number of hydrogen-bond donors (Lipinski definition) is 2. The number of rotatable bonds is 9. The van der Waals surface area contributed by atoms with Crippen molar-refractivity contribution in [3.05, 3.63) is 41.5 Å². The molecule has 1 aromatic heterocycles. The highest BCUT2D eigenvalue weighted by atomic mass is 32.2. The maximum atomic E-state index is 13.9. The summed E-state index contributed by atoms with van der Waals surface area (Å²) in [5.41, 5.74) is 0.120. The first-order chi connectivity index (χ1) is 14.2. The molecule has 30 heavy (non-hydrogen) atoms. The smallest absolute Gasteiger partial charge is 0.302 e. The number of ether oxygens (including phenoxy) is 1. The highest BCUT2D eigenvalue weighted by Crippen LogP contribution is 2.27. The summed E-state index contributed by atoms with van der Waals surface area (Å²) in [6.07, 6.45) is -0.623. The van der Waals surface area contributed by atoms with Crippen molar-refractivity contribution in [1.29, 1.82) is 0 Å². The minimum atomic E-state index is -3.77. The van der Waals surface area contributed by atoms with Crippen molar-refractivity contribution in [3.8, 4) is 5.88 Å². The fraction of sp³-hybridized carbons (Fsp3) is 0.444. The lowest BCUT2D eigenvalue weighted by molar-refractivity contribution is 0.0569. The number of anilines is 1. The first-order valence-electron chi connectivity index (χ1n) is 9.23. The molecule has 2 N–H and O–H groups in total. The van der Waals surface area contributed by atoms with Crippen molar-refractivity contribution in [2.24, 2.45) is 0 Å². The fourth-order valence-electron chi connectivity index (χ4n) is 2.40. The molecule has 0 bridgehead atoms. The van der Waals surface area contributed by atoms with Gasteiger partial charge in [0.15, 0.2) is 16.8 Å². The highest BCUT2D eigenvalue weighted by Gasteiger charge is 2.28. The zero-order chi connectivity index (χ0) is 21.9. The van der Waals surface area contributed by atoms with E-state index in [0.717, 1.165) is 24.2 Å². The zero-order valence-corrected chi connectivity index (χ0v) is 18.0. The van der Waals surface area contributed by atoms with E-state index in [1.54, 1.807) is 13.8 Å². The van der Waals surface area contributed by atoms with Crippen LogP contribution in [0.3, 0.4) is 0 Å². The van der Waals surface area contributed by atoms with Crippen molar-refractivity contribution >= 4 is 27.8 Å². The number of nitrogens with zero attached hydrogens (tertiary/aromatic N) is 3. The summed E-state index contributed by atoms with van der Waals surface area (Å²) in [5, 5.41) is 9.77. The quantitative estimate of drug-likeness (QED) is 0.438. The number of benzene rings is 1. The Bertz CT molecular complexity index is 1000. The molecule has 0 aliphatic carbocycles. The Morgan fingerprint density at radius 3 is 2.67 bits per heavy atom. The minimum Gasteiger partial charge on any atom is -0.472 e. The van der Waals surface area contributed by atoms with Crippen molar-refractivity contribution in [2.75, 3.05) is 17.8 Å². The summed E-state index contributed by atoms with van der Waals surface area (Å²) in [6, 6.07) is 5.16. The number of nitrogens with one attached hydrogen (secondary N) is 1. The molecule has 1 fully saturated rings. The maximum absolute atomic E-state index is 13.9. The van der Waals surface area contributed by atoms with Gasteiger partial charge in [-0.1, -0.05) is 23.9 Å². The van der Waals surface area contributed by atoms with Gasteiger partial charge in [-0.05, 0) is 26.3 Å². The molecule has 1 aliphatic heterocycles. The van der Waals surface area contributed by atoms with E-state index in [4.69, 9.17) is 4.74 Å². The van der Waals surface area contributed by atoms with Gasteiger partial charge in [-0.25, -0.2) is 13.8 Å². The van der Waals surface area contributed by atoms with E-state index in [9.17, 15) is 22.3 Å². The van der Waals surface area contributed by atoms with Gasteiger partial charge in [0.2, 0.25) is 5.88 Å². The number of aromatic nitrogens is 2. The van der Waals surface area contributed by atoms with E-state index >= 15 is 0 Å². The van der Waals surface area contributed by atoms with Crippen LogP contribution in [0.4, 0.5) is 14.6 Å². The monoisotopic (exact) mass is 460 g/mol. The van der Waals surface area contributed by atoms with Gasteiger partial charge in [0.1, 0.15) is 11.9 Å². The molecule has 2 aromatic rings. The van der Waals surface area contributed by atoms with Crippen LogP contribution in [-0.4, -0.2) is 53.1 Å². The van der Waals surface area contributed by atoms with Crippen LogP contribution in [0, 0.1) is 11.6 Å². The van der Waals surface area contributed by atoms with Crippen molar-refractivity contribution in [1.82, 2.24) is 14.3 Å². The topological polar surface area (TPSA) is 105 Å². The van der Waals surface area contributed by atoms with Gasteiger partial charge in [0, 0.05) is 30.5 Å². The maximum Gasteiger partial charge on any atom is 0.302 e. The summed E-state index contributed by atoms with van der Waals surface area (Å²) in [4.78, 5) is 8.34. The van der Waals surface area contributed by atoms with Crippen LogP contribution in [0.1, 0.15) is 25.8 Å². The Morgan fingerprint density at radius 1 is 1.30 bits per heavy atom. The second kappa shape index (κ2) is 9.41. The molecular formula is C18H22F2N4O4S2. The normalized spacial score (nSPS) is 16.6. The van der Waals surface area contributed by atoms with E-state index in [-0.39, 0.29) is 28.2 Å². The van der Waals surface area contributed by atoms with Gasteiger partial charge in [-0.3, -0.25) is 4.72 Å². The number of hydrogen-bond acceptors (Lipinski definition) is 7. The van der Waals surface area contributed by atoms with Gasteiger partial charge in [0.05, 0.1) is 6.10 Å². The summed E-state index contributed by atoms with van der Waals surface area (Å²) in [7, 11) is -3.77. The molecule has 0 amide bonds. The molecule has 0 radical (unpaired) electrons. The molecule has 8 nitrogen and oxygen atoms in total. The van der Waals surface area contributed by atoms with E-state index in [2.05, 4.69) is 14.7 Å². The standard InChI is InChI=1S/C18H22F2N4O4S2/c1-11(25)12(2)28-16-9-15(23-30(26,27)24-7-4-8-24)21-18(22-16)29-10-13-5-3-6-14(19)17(13)20/h3,5-6,9,11-12,25H,4,7-8,10H2,1-2H3,(H,21,22,23)/t11-,12-/m1/s1. The van der Waals surface area contributed by atoms with Gasteiger partial charge in [-0.15, -0.1) is 0 Å². The molecule has 1 aliphatic rings. The first-order valence-corrected chi connectivity index (χ1v) is 11.7. The third-order valence-electron chi connectivity index (χ3n) is 4.44. The lowest BCUT2D eigenvalue weighted by Crippen LogP contribution is -2.45. The average Bonchev–Trinajstić information content (AvgIpc) is 2.60. The van der Waals surface area contributed by atoms with Crippen LogP contribution in [0.5, 0.6) is 5.88 Å². The van der Waals surface area contributed by atoms with Crippen LogP contribution >= 0.6 is 11.8 Å². The molecular weight excluding hydrogens is 438 g/mol. The predicted octanol–water partition coefficient (Wildman–Crippen LogP) is 2.56. The Hall–Kier alpha value is -2.02. The van der Waals surface area contributed by atoms with Crippen LogP contribution in [0.15, 0.2) is 29.4 Å². The second-order valence-corrected chi connectivity index (χ2v) is 9.41. The molecule has 164 valence electrons. The third-order valence-corrected chi connectivity index (χ3v) is 6.85. The van der Waals surface area contributed by atoms with E-state index < -0.39 is 34.1 Å². The summed E-state index contributed by atoms with van der Waals surface area (Å²) >= 11 is 0.995. The average molecular weight is 461 g/mol. The second-order valence-electron chi connectivity index (χ2n) is 6.80. The lowest BCUT2D eigenvalue weighted by atomic mass is 10.2. The van der Waals surface area contributed by atoms with Crippen molar-refractivity contribution in [2.45, 2.75) is 43.4 Å². The SMILES string of the molecule is C[C@@H](O)[C@@H](C)Oc1cc(NS(=O)(=O)N2CCC2)nc(SCc2cccc(F)c2F)n1. The summed E-state index contributed by atoms with van der Waals surface area (Å²) < 4.78 is 61.3. The Morgan fingerprint density at radius 2 is 2.03 bits per heavy atom. The number of halogens is 2. The van der Waals surface area contributed by atoms with Gasteiger partial charge >= 0.3 is 10.2 Å². The molecule has 1 aromatic carbocycles. The zero-order valence-electron chi connectivity index (χ0n) is 16.4. The number of thioether (sulfide) groups is 1. The molecule has 1 saturated heterocycles. The van der Waals surface area contributed by atoms with Crippen LogP contribution in [-0.2, 0) is 16.0 Å². The molecule has 3 rings (SSSR count). The first kappa shape index (κ1) is 22.7. The molecule has 0 spiro atoms. The Balaban J connectivity index is 1.83. The van der Waals surface area contributed by atoms with E-state index in [0.29, 0.717) is 13.1 Å². The minimum absolute atomic E-state index is 0.0214. The predicted molar refractivity (Wildman–Crippen MR) is 108 cm³/mol. The largest absolute Gasteiger partial charge is 0.472 e. The Kier molecular flexibility index (Phi) is 7.11. The lowest BCUT2D eigenvalue weighted by Gasteiger charge is -2.29. The summed E-state index contributed by atoms with van der Waals surface area (Å²) in [5.74, 6) is -1.87. The number of aliphatic hydroxyl groups is 1. The summed E-state index contributed by atoms with van der Waals surface area (Å²) in [6.45, 7) is 4.01. The third kappa shape index (κ3) is 5.56. The van der Waals surface area contributed by atoms with Gasteiger partial charge in [0.25, 0.3) is 0 Å². The van der Waals surface area contributed by atoms with Crippen molar-refractivity contribution < 1.29 is 27.0 Å². The molecule has 2 atom stereocenters. The molecule has 2 heterocycles. The van der Waals surface area contributed by atoms with Crippen LogP contribution in [0.2, 0.25) is 0 Å². The molecule has 12 heteroatoms. The van der Waals surface area contributed by atoms with Crippen LogP contribution < -0.4 is 9.46 Å². The highest BCUT2D eigenvalue weighted by molar-refractivity contribution is 7.98. The molecule has 0 unspecified atom stereocenters. The fourth-order valence-corrected chi connectivity index (χ4v) is 4.46.